The number of nitrogens with one attached hydrogen (secondary N) is 2. The van der Waals surface area contributed by atoms with Crippen LogP contribution < -0.4 is 10.6 Å². The predicted molar refractivity (Wildman–Crippen MR) is 73.9 cm³/mol. The van der Waals surface area contributed by atoms with Crippen LogP contribution in [0.3, 0.4) is 0 Å². The molecule has 1 rings (SSSR count). The Bertz CT molecular complexity index is 320. The summed E-state index contributed by atoms with van der Waals surface area (Å²) in [6.07, 6.45) is 3.89. The van der Waals surface area contributed by atoms with E-state index in [1.165, 1.54) is 6.42 Å². The lowest BCUT2D eigenvalue weighted by Crippen LogP contribution is -2.49. The van der Waals surface area contributed by atoms with Crippen LogP contribution in [0.5, 0.6) is 0 Å². The smallest absolute Gasteiger partial charge is 0.315 e. The quantitative estimate of drug-likeness (QED) is 0.716. The SMILES string of the molecule is CCC(CNC(=O)NC1CCCC(C)C1C)C(=O)O. The molecule has 4 atom stereocenters. The van der Waals surface area contributed by atoms with Crippen molar-refractivity contribution in [2.24, 2.45) is 17.8 Å². The van der Waals surface area contributed by atoms with Crippen molar-refractivity contribution in [1.82, 2.24) is 10.6 Å². The van der Waals surface area contributed by atoms with Gasteiger partial charge in [0, 0.05) is 12.6 Å². The number of aliphatic carboxylic acids is 1. The number of hydrogen-bond acceptors (Lipinski definition) is 2. The van der Waals surface area contributed by atoms with Gasteiger partial charge in [0.25, 0.3) is 0 Å². The largest absolute Gasteiger partial charge is 0.481 e. The molecule has 2 amide bonds. The molecule has 0 aromatic rings. The van der Waals surface area contributed by atoms with Crippen molar-refractivity contribution in [2.75, 3.05) is 6.54 Å². The van der Waals surface area contributed by atoms with E-state index in [9.17, 15) is 9.59 Å². The molecule has 1 aliphatic carbocycles. The summed E-state index contributed by atoms with van der Waals surface area (Å²) in [5, 5.41) is 14.6. The first-order valence-electron chi connectivity index (χ1n) is 7.22. The fourth-order valence-electron chi connectivity index (χ4n) is 2.63. The van der Waals surface area contributed by atoms with Gasteiger partial charge >= 0.3 is 12.0 Å². The Morgan fingerprint density at radius 1 is 1.32 bits per heavy atom. The molecule has 0 bridgehead atoms. The van der Waals surface area contributed by atoms with Crippen molar-refractivity contribution in [3.8, 4) is 0 Å². The van der Waals surface area contributed by atoms with Gasteiger partial charge in [0.05, 0.1) is 5.92 Å². The highest BCUT2D eigenvalue weighted by atomic mass is 16.4. The topological polar surface area (TPSA) is 78.4 Å². The molecule has 0 aromatic carbocycles. The van der Waals surface area contributed by atoms with Crippen molar-refractivity contribution in [3.63, 3.8) is 0 Å². The summed E-state index contributed by atoms with van der Waals surface area (Å²) in [5.74, 6) is -0.265. The second kappa shape index (κ2) is 7.36. The van der Waals surface area contributed by atoms with E-state index >= 15 is 0 Å². The number of carboxylic acids is 1. The minimum Gasteiger partial charge on any atom is -0.481 e. The van der Waals surface area contributed by atoms with E-state index < -0.39 is 11.9 Å². The Morgan fingerprint density at radius 2 is 2.00 bits per heavy atom. The highest BCUT2D eigenvalue weighted by Crippen LogP contribution is 2.29. The van der Waals surface area contributed by atoms with Gasteiger partial charge in [-0.1, -0.05) is 33.6 Å². The second-order valence-corrected chi connectivity index (χ2v) is 5.67. The molecule has 0 heterocycles. The summed E-state index contributed by atoms with van der Waals surface area (Å²) in [5.41, 5.74) is 0. The summed E-state index contributed by atoms with van der Waals surface area (Å²) in [7, 11) is 0. The fraction of sp³-hybridized carbons (Fsp3) is 0.857. The van der Waals surface area contributed by atoms with E-state index in [2.05, 4.69) is 24.5 Å². The van der Waals surface area contributed by atoms with Gasteiger partial charge in [-0.25, -0.2) is 4.79 Å². The van der Waals surface area contributed by atoms with Crippen LogP contribution in [0.4, 0.5) is 4.79 Å². The number of carboxylic acid groups (broad SMARTS) is 1. The number of urea groups is 1. The van der Waals surface area contributed by atoms with Crippen LogP contribution in [0.1, 0.15) is 46.5 Å². The maximum Gasteiger partial charge on any atom is 0.315 e. The zero-order chi connectivity index (χ0) is 14.4. The molecule has 4 unspecified atom stereocenters. The van der Waals surface area contributed by atoms with Crippen LogP contribution in [0.25, 0.3) is 0 Å². The summed E-state index contributed by atoms with van der Waals surface area (Å²) >= 11 is 0. The van der Waals surface area contributed by atoms with Crippen LogP contribution in [0, 0.1) is 17.8 Å². The molecule has 3 N–H and O–H groups in total. The summed E-state index contributed by atoms with van der Waals surface area (Å²) in [6.45, 7) is 6.38. The van der Waals surface area contributed by atoms with Crippen molar-refractivity contribution in [1.29, 1.82) is 0 Å². The Hall–Kier alpha value is -1.26. The molecule has 5 heteroatoms. The van der Waals surface area contributed by atoms with Crippen LogP contribution in [-0.4, -0.2) is 29.7 Å². The zero-order valence-corrected chi connectivity index (χ0v) is 12.1. The van der Waals surface area contributed by atoms with Gasteiger partial charge in [0.2, 0.25) is 0 Å². The molecule has 0 saturated heterocycles. The number of carbonyl (C=O) groups excluding carboxylic acids is 1. The lowest BCUT2D eigenvalue weighted by atomic mass is 9.78. The number of rotatable bonds is 5. The lowest BCUT2D eigenvalue weighted by Gasteiger charge is -2.34. The molecule has 1 aliphatic rings. The van der Waals surface area contributed by atoms with Gasteiger partial charge in [-0.3, -0.25) is 4.79 Å². The van der Waals surface area contributed by atoms with Crippen molar-refractivity contribution < 1.29 is 14.7 Å². The molecule has 1 saturated carbocycles. The molecule has 0 radical (unpaired) electrons. The van der Waals surface area contributed by atoms with Crippen molar-refractivity contribution in [2.45, 2.75) is 52.5 Å². The molecule has 0 aliphatic heterocycles. The van der Waals surface area contributed by atoms with Crippen molar-refractivity contribution in [3.05, 3.63) is 0 Å². The monoisotopic (exact) mass is 270 g/mol. The van der Waals surface area contributed by atoms with Gasteiger partial charge in [-0.2, -0.15) is 0 Å². The van der Waals surface area contributed by atoms with Gasteiger partial charge in [0.1, 0.15) is 0 Å². The first-order chi connectivity index (χ1) is 8.95. The third-order valence-electron chi connectivity index (χ3n) is 4.37. The fourth-order valence-corrected chi connectivity index (χ4v) is 2.63. The maximum absolute atomic E-state index is 11.8. The molecular weight excluding hydrogens is 244 g/mol. The molecule has 1 fully saturated rings. The number of carbonyl (C=O) groups is 2. The molecule has 110 valence electrons. The lowest BCUT2D eigenvalue weighted by molar-refractivity contribution is -0.141. The zero-order valence-electron chi connectivity index (χ0n) is 12.1. The standard InChI is InChI=1S/C14H26N2O3/c1-4-11(13(17)18)8-15-14(19)16-12-7-5-6-9(2)10(12)3/h9-12H,4-8H2,1-3H3,(H,17,18)(H2,15,16,19). The van der Waals surface area contributed by atoms with Gasteiger partial charge in [0.15, 0.2) is 0 Å². The maximum atomic E-state index is 11.8. The first-order valence-corrected chi connectivity index (χ1v) is 7.22. The molecule has 19 heavy (non-hydrogen) atoms. The number of amides is 2. The average Bonchev–Trinajstić information content (AvgIpc) is 2.35. The summed E-state index contributed by atoms with van der Waals surface area (Å²) < 4.78 is 0. The normalized spacial score (nSPS) is 28.5. The Morgan fingerprint density at radius 3 is 2.58 bits per heavy atom. The van der Waals surface area contributed by atoms with Crippen LogP contribution >= 0.6 is 0 Å². The van der Waals surface area contributed by atoms with E-state index in [4.69, 9.17) is 5.11 Å². The predicted octanol–water partition coefficient (Wildman–Crippen LogP) is 2.22. The molecule has 0 aromatic heterocycles. The van der Waals surface area contributed by atoms with E-state index in [0.29, 0.717) is 18.3 Å². The van der Waals surface area contributed by atoms with Crippen LogP contribution in [-0.2, 0) is 4.79 Å². The molecule has 5 nitrogen and oxygen atoms in total. The Kier molecular flexibility index (Phi) is 6.12. The second-order valence-electron chi connectivity index (χ2n) is 5.67. The van der Waals surface area contributed by atoms with Crippen molar-refractivity contribution >= 4 is 12.0 Å². The summed E-state index contributed by atoms with van der Waals surface area (Å²) in [6, 6.07) is -0.0423. The highest BCUT2D eigenvalue weighted by Gasteiger charge is 2.28. The van der Waals surface area contributed by atoms with Gasteiger partial charge in [-0.05, 0) is 24.7 Å². The minimum absolute atomic E-state index is 0.189. The van der Waals surface area contributed by atoms with E-state index in [1.54, 1.807) is 0 Å². The summed E-state index contributed by atoms with van der Waals surface area (Å²) in [4.78, 5) is 22.6. The van der Waals surface area contributed by atoms with Gasteiger partial charge < -0.3 is 15.7 Å². The third kappa shape index (κ3) is 4.73. The highest BCUT2D eigenvalue weighted by molar-refractivity contribution is 5.76. The first kappa shape index (κ1) is 15.8. The van der Waals surface area contributed by atoms with Gasteiger partial charge in [-0.15, -0.1) is 0 Å². The molecular formula is C14H26N2O3. The minimum atomic E-state index is -0.859. The van der Waals surface area contributed by atoms with E-state index in [1.807, 2.05) is 6.92 Å². The van der Waals surface area contributed by atoms with E-state index in [0.717, 1.165) is 12.8 Å². The van der Waals surface area contributed by atoms with Crippen LogP contribution in [0.2, 0.25) is 0 Å². The Balaban J connectivity index is 2.36. The third-order valence-corrected chi connectivity index (χ3v) is 4.37. The average molecular weight is 270 g/mol. The Labute approximate surface area is 115 Å². The number of hydrogen-bond donors (Lipinski definition) is 3. The van der Waals surface area contributed by atoms with Crippen LogP contribution in [0.15, 0.2) is 0 Å². The van der Waals surface area contributed by atoms with E-state index in [-0.39, 0.29) is 18.6 Å². The molecule has 0 spiro atoms.